The fraction of sp³-hybridized carbons (Fsp3) is 0.625. The Balaban J connectivity index is 2.74. The molecule has 1 atom stereocenters. The minimum Gasteiger partial charge on any atom is -0.392 e. The van der Waals surface area contributed by atoms with Crippen LogP contribution in [0.3, 0.4) is 0 Å². The predicted molar refractivity (Wildman–Crippen MR) is 82.7 cm³/mol. The molecule has 108 valence electrons. The van der Waals surface area contributed by atoms with Crippen LogP contribution in [0.1, 0.15) is 38.8 Å². The first-order chi connectivity index (χ1) is 8.69. The molecule has 3 nitrogen and oxygen atoms in total. The Labute approximate surface area is 117 Å². The number of aryl methyl sites for hydroxylation is 1. The Morgan fingerprint density at radius 3 is 2.42 bits per heavy atom. The quantitative estimate of drug-likeness (QED) is 0.858. The number of nitrogens with one attached hydrogen (secondary N) is 1. The van der Waals surface area contributed by atoms with Crippen molar-refractivity contribution in [3.8, 4) is 0 Å². The molecular weight excluding hydrogens is 236 g/mol. The van der Waals surface area contributed by atoms with Gasteiger partial charge in [0.25, 0.3) is 0 Å². The normalized spacial score (nSPS) is 13.4. The standard InChI is InChI=1S/C16H28N2O/c1-12-9-14(10-17-16(3,4)5)7-8-15(12)18(6)11-13(2)19/h7-9,13,17,19H,10-11H2,1-6H3. The number of nitrogens with zero attached hydrogens (tertiary/aromatic N) is 1. The summed E-state index contributed by atoms with van der Waals surface area (Å²) in [5.41, 5.74) is 3.86. The molecule has 0 amide bonds. The van der Waals surface area contributed by atoms with Gasteiger partial charge in [0, 0.05) is 31.4 Å². The number of aliphatic hydroxyl groups is 1. The molecule has 0 spiro atoms. The first-order valence-corrected chi connectivity index (χ1v) is 6.93. The lowest BCUT2D eigenvalue weighted by atomic mass is 10.1. The molecule has 0 aliphatic heterocycles. The average molecular weight is 264 g/mol. The molecule has 0 aliphatic rings. The minimum absolute atomic E-state index is 0.135. The highest BCUT2D eigenvalue weighted by atomic mass is 16.3. The summed E-state index contributed by atoms with van der Waals surface area (Å²) >= 11 is 0. The van der Waals surface area contributed by atoms with Gasteiger partial charge in [-0.1, -0.05) is 12.1 Å². The van der Waals surface area contributed by atoms with Crippen molar-refractivity contribution in [3.05, 3.63) is 29.3 Å². The van der Waals surface area contributed by atoms with Gasteiger partial charge in [-0.2, -0.15) is 0 Å². The van der Waals surface area contributed by atoms with Gasteiger partial charge in [-0.25, -0.2) is 0 Å². The summed E-state index contributed by atoms with van der Waals surface area (Å²) in [6.45, 7) is 12.0. The third-order valence-electron chi connectivity index (χ3n) is 3.03. The van der Waals surface area contributed by atoms with Gasteiger partial charge in [0.2, 0.25) is 0 Å². The second-order valence-corrected chi connectivity index (χ2v) is 6.45. The molecule has 0 aliphatic carbocycles. The average Bonchev–Trinajstić information content (AvgIpc) is 2.24. The third kappa shape index (κ3) is 5.62. The van der Waals surface area contributed by atoms with E-state index in [1.807, 2.05) is 14.0 Å². The SMILES string of the molecule is Cc1cc(CNC(C)(C)C)ccc1N(C)CC(C)O. The molecule has 0 aromatic heterocycles. The van der Waals surface area contributed by atoms with E-state index in [0.29, 0.717) is 6.54 Å². The topological polar surface area (TPSA) is 35.5 Å². The van der Waals surface area contributed by atoms with Crippen molar-refractivity contribution in [1.82, 2.24) is 5.32 Å². The van der Waals surface area contributed by atoms with E-state index in [2.05, 4.69) is 56.1 Å². The van der Waals surface area contributed by atoms with Crippen LogP contribution in [0, 0.1) is 6.92 Å². The molecule has 3 heteroatoms. The maximum atomic E-state index is 9.45. The number of aliphatic hydroxyl groups excluding tert-OH is 1. The molecule has 0 heterocycles. The largest absolute Gasteiger partial charge is 0.392 e. The molecule has 1 aromatic carbocycles. The summed E-state index contributed by atoms with van der Waals surface area (Å²) in [5, 5.41) is 12.9. The first kappa shape index (κ1) is 16.0. The van der Waals surface area contributed by atoms with Gasteiger partial charge < -0.3 is 15.3 Å². The monoisotopic (exact) mass is 264 g/mol. The smallest absolute Gasteiger partial charge is 0.0686 e. The zero-order valence-electron chi connectivity index (χ0n) is 13.1. The van der Waals surface area contributed by atoms with Gasteiger partial charge in [-0.05, 0) is 51.8 Å². The molecule has 0 radical (unpaired) electrons. The van der Waals surface area contributed by atoms with Crippen molar-refractivity contribution < 1.29 is 5.11 Å². The number of likely N-dealkylation sites (N-methyl/N-ethyl adjacent to an activating group) is 1. The molecule has 19 heavy (non-hydrogen) atoms. The maximum absolute atomic E-state index is 9.45. The van der Waals surface area contributed by atoms with Crippen molar-refractivity contribution in [2.75, 3.05) is 18.5 Å². The van der Waals surface area contributed by atoms with Crippen LogP contribution in [0.2, 0.25) is 0 Å². The molecule has 0 saturated carbocycles. The summed E-state index contributed by atoms with van der Waals surface area (Å²) in [6, 6.07) is 6.50. The van der Waals surface area contributed by atoms with E-state index < -0.39 is 0 Å². The Kier molecular flexibility index (Phi) is 5.39. The number of hydrogen-bond acceptors (Lipinski definition) is 3. The van der Waals surface area contributed by atoms with Gasteiger partial charge in [0.15, 0.2) is 0 Å². The first-order valence-electron chi connectivity index (χ1n) is 6.93. The second kappa shape index (κ2) is 6.40. The molecule has 0 saturated heterocycles. The Morgan fingerprint density at radius 2 is 1.95 bits per heavy atom. The zero-order chi connectivity index (χ0) is 14.6. The van der Waals surface area contributed by atoms with Gasteiger partial charge >= 0.3 is 0 Å². The lowest BCUT2D eigenvalue weighted by Gasteiger charge is -2.24. The van der Waals surface area contributed by atoms with E-state index in [1.165, 1.54) is 16.8 Å². The number of rotatable bonds is 5. The molecule has 0 bridgehead atoms. The van der Waals surface area contributed by atoms with E-state index in [1.54, 1.807) is 0 Å². The van der Waals surface area contributed by atoms with Crippen LogP contribution < -0.4 is 10.2 Å². The summed E-state index contributed by atoms with van der Waals surface area (Å²) in [6.07, 6.45) is -0.313. The van der Waals surface area contributed by atoms with Crippen LogP contribution in [-0.2, 0) is 6.54 Å². The number of hydrogen-bond donors (Lipinski definition) is 2. The third-order valence-corrected chi connectivity index (χ3v) is 3.03. The van der Waals surface area contributed by atoms with Gasteiger partial charge in [0.1, 0.15) is 0 Å². The predicted octanol–water partition coefficient (Wildman–Crippen LogP) is 2.70. The van der Waals surface area contributed by atoms with Crippen molar-refractivity contribution in [2.45, 2.75) is 52.8 Å². The van der Waals surface area contributed by atoms with Crippen LogP contribution in [-0.4, -0.2) is 30.3 Å². The van der Waals surface area contributed by atoms with E-state index in [0.717, 1.165) is 6.54 Å². The molecule has 1 rings (SSSR count). The van der Waals surface area contributed by atoms with Crippen LogP contribution in [0.5, 0.6) is 0 Å². The molecule has 0 fully saturated rings. The second-order valence-electron chi connectivity index (χ2n) is 6.45. The van der Waals surface area contributed by atoms with Crippen LogP contribution >= 0.6 is 0 Å². The number of benzene rings is 1. The van der Waals surface area contributed by atoms with E-state index in [9.17, 15) is 5.11 Å². The highest BCUT2D eigenvalue weighted by Gasteiger charge is 2.10. The Bertz CT molecular complexity index is 408. The van der Waals surface area contributed by atoms with Crippen LogP contribution in [0.15, 0.2) is 18.2 Å². The molecule has 1 aromatic rings. The lowest BCUT2D eigenvalue weighted by molar-refractivity contribution is 0.201. The van der Waals surface area contributed by atoms with Crippen LogP contribution in [0.4, 0.5) is 5.69 Å². The van der Waals surface area contributed by atoms with Crippen molar-refractivity contribution in [2.24, 2.45) is 0 Å². The highest BCUT2D eigenvalue weighted by Crippen LogP contribution is 2.20. The van der Waals surface area contributed by atoms with Gasteiger partial charge in [-0.3, -0.25) is 0 Å². The lowest BCUT2D eigenvalue weighted by Crippen LogP contribution is -2.35. The number of anilines is 1. The molecule has 1 unspecified atom stereocenters. The van der Waals surface area contributed by atoms with Gasteiger partial charge in [0.05, 0.1) is 6.10 Å². The molecular formula is C16H28N2O. The van der Waals surface area contributed by atoms with E-state index in [-0.39, 0.29) is 11.6 Å². The summed E-state index contributed by atoms with van der Waals surface area (Å²) in [5.74, 6) is 0. The molecule has 2 N–H and O–H groups in total. The van der Waals surface area contributed by atoms with Gasteiger partial charge in [-0.15, -0.1) is 0 Å². The Morgan fingerprint density at radius 1 is 1.32 bits per heavy atom. The van der Waals surface area contributed by atoms with Crippen molar-refractivity contribution >= 4 is 5.69 Å². The maximum Gasteiger partial charge on any atom is 0.0686 e. The summed E-state index contributed by atoms with van der Waals surface area (Å²) in [7, 11) is 2.02. The van der Waals surface area contributed by atoms with Crippen LogP contribution in [0.25, 0.3) is 0 Å². The van der Waals surface area contributed by atoms with Crippen molar-refractivity contribution in [1.29, 1.82) is 0 Å². The van der Waals surface area contributed by atoms with E-state index in [4.69, 9.17) is 0 Å². The summed E-state index contributed by atoms with van der Waals surface area (Å²) in [4.78, 5) is 2.10. The van der Waals surface area contributed by atoms with Crippen molar-refractivity contribution in [3.63, 3.8) is 0 Å². The zero-order valence-corrected chi connectivity index (χ0v) is 13.1. The summed E-state index contributed by atoms with van der Waals surface area (Å²) < 4.78 is 0. The minimum atomic E-state index is -0.313. The fourth-order valence-electron chi connectivity index (χ4n) is 2.12. The Hall–Kier alpha value is -1.06. The highest BCUT2D eigenvalue weighted by molar-refractivity contribution is 5.54. The fourth-order valence-corrected chi connectivity index (χ4v) is 2.12. The van der Waals surface area contributed by atoms with E-state index >= 15 is 0 Å².